The summed E-state index contributed by atoms with van der Waals surface area (Å²) in [4.78, 5) is 48.0. The molecule has 0 N–H and O–H groups in total. The lowest BCUT2D eigenvalue weighted by atomic mass is 9.86. The molecule has 1 fully saturated rings. The number of amides is 1. The first-order valence-electron chi connectivity index (χ1n) is 9.62. The van der Waals surface area contributed by atoms with Crippen molar-refractivity contribution < 1.29 is 14.4 Å². The first-order valence-corrected chi connectivity index (χ1v) is 10.00. The van der Waals surface area contributed by atoms with Crippen molar-refractivity contribution >= 4 is 29.1 Å². The van der Waals surface area contributed by atoms with Gasteiger partial charge in [-0.2, -0.15) is 0 Å². The molecule has 2 unspecified atom stereocenters. The summed E-state index contributed by atoms with van der Waals surface area (Å²) in [5.74, 6) is -1.21. The van der Waals surface area contributed by atoms with Crippen LogP contribution in [0.1, 0.15) is 42.4 Å². The van der Waals surface area contributed by atoms with Crippen LogP contribution in [0.4, 0.5) is 0 Å². The van der Waals surface area contributed by atoms with Crippen molar-refractivity contribution in [2.45, 2.75) is 39.5 Å². The lowest BCUT2D eigenvalue weighted by Gasteiger charge is -2.18. The SMILES string of the molecule is CCN(C)C(=O)CC1CC(=O)C(c2c(C)cc(-c3ncc(Cl)cn3)cc2C)C1=O. The van der Waals surface area contributed by atoms with Crippen LogP contribution in [0, 0.1) is 19.8 Å². The quantitative estimate of drug-likeness (QED) is 0.700. The van der Waals surface area contributed by atoms with E-state index >= 15 is 0 Å². The van der Waals surface area contributed by atoms with Gasteiger partial charge in [0.15, 0.2) is 11.6 Å². The summed E-state index contributed by atoms with van der Waals surface area (Å²) in [6.07, 6.45) is 3.26. The van der Waals surface area contributed by atoms with E-state index in [4.69, 9.17) is 11.6 Å². The Bertz CT molecular complexity index is 949. The maximum absolute atomic E-state index is 13.0. The molecular formula is C22H24ClN3O3. The van der Waals surface area contributed by atoms with Gasteiger partial charge in [0.2, 0.25) is 5.91 Å². The smallest absolute Gasteiger partial charge is 0.223 e. The Morgan fingerprint density at radius 1 is 1.17 bits per heavy atom. The first kappa shape index (κ1) is 21.1. The molecule has 7 heteroatoms. The van der Waals surface area contributed by atoms with Crippen LogP contribution < -0.4 is 0 Å². The molecule has 152 valence electrons. The lowest BCUT2D eigenvalue weighted by Crippen LogP contribution is -2.29. The van der Waals surface area contributed by atoms with Gasteiger partial charge < -0.3 is 4.90 Å². The molecule has 0 bridgehead atoms. The number of benzene rings is 1. The highest BCUT2D eigenvalue weighted by Gasteiger charge is 2.44. The van der Waals surface area contributed by atoms with E-state index in [1.54, 1.807) is 11.9 Å². The molecule has 1 amide bonds. The largest absolute Gasteiger partial charge is 0.346 e. The van der Waals surface area contributed by atoms with Gasteiger partial charge in [0.05, 0.1) is 5.02 Å². The van der Waals surface area contributed by atoms with Gasteiger partial charge in [-0.1, -0.05) is 11.6 Å². The second-order valence-electron chi connectivity index (χ2n) is 7.56. The number of aryl methyl sites for hydroxylation is 2. The number of halogens is 1. The number of carbonyl (C=O) groups excluding carboxylic acids is 3. The fraction of sp³-hybridized carbons (Fsp3) is 0.409. The molecule has 0 aliphatic heterocycles. The number of Topliss-reactive ketones (excluding diaryl/α,β-unsaturated/α-hetero) is 2. The van der Waals surface area contributed by atoms with E-state index in [2.05, 4.69) is 9.97 Å². The van der Waals surface area contributed by atoms with E-state index in [9.17, 15) is 14.4 Å². The molecule has 29 heavy (non-hydrogen) atoms. The fourth-order valence-corrected chi connectivity index (χ4v) is 3.99. The van der Waals surface area contributed by atoms with Gasteiger partial charge in [-0.15, -0.1) is 0 Å². The summed E-state index contributed by atoms with van der Waals surface area (Å²) in [5, 5.41) is 0.454. The summed E-state index contributed by atoms with van der Waals surface area (Å²) in [6.45, 7) is 6.21. The van der Waals surface area contributed by atoms with Crippen LogP contribution >= 0.6 is 11.6 Å². The average molecular weight is 414 g/mol. The van der Waals surface area contributed by atoms with Crippen LogP contribution in [0.15, 0.2) is 24.5 Å². The Morgan fingerprint density at radius 3 is 2.31 bits per heavy atom. The fourth-order valence-electron chi connectivity index (χ4n) is 3.90. The molecule has 0 spiro atoms. The highest BCUT2D eigenvalue weighted by atomic mass is 35.5. The Balaban J connectivity index is 1.90. The van der Waals surface area contributed by atoms with E-state index in [0.717, 1.165) is 22.3 Å². The minimum Gasteiger partial charge on any atom is -0.346 e. The van der Waals surface area contributed by atoms with Gasteiger partial charge in [-0.3, -0.25) is 14.4 Å². The van der Waals surface area contributed by atoms with Crippen molar-refractivity contribution in [1.29, 1.82) is 0 Å². The van der Waals surface area contributed by atoms with Crippen molar-refractivity contribution in [3.8, 4) is 11.4 Å². The van der Waals surface area contributed by atoms with E-state index < -0.39 is 11.8 Å². The molecule has 1 aliphatic rings. The molecule has 1 aromatic carbocycles. The predicted octanol–water partition coefficient (Wildman–Crippen LogP) is 3.52. The third kappa shape index (κ3) is 4.22. The zero-order chi connectivity index (χ0) is 21.3. The third-order valence-corrected chi connectivity index (χ3v) is 5.73. The monoisotopic (exact) mass is 413 g/mol. The predicted molar refractivity (Wildman–Crippen MR) is 111 cm³/mol. The summed E-state index contributed by atoms with van der Waals surface area (Å²) < 4.78 is 0. The minimum atomic E-state index is -0.806. The molecule has 1 aromatic heterocycles. The van der Waals surface area contributed by atoms with Crippen molar-refractivity contribution in [2.75, 3.05) is 13.6 Å². The number of hydrogen-bond donors (Lipinski definition) is 0. The topological polar surface area (TPSA) is 80.2 Å². The number of ketones is 2. The van der Waals surface area contributed by atoms with E-state index in [-0.39, 0.29) is 30.3 Å². The van der Waals surface area contributed by atoms with E-state index in [0.29, 0.717) is 17.4 Å². The molecule has 3 rings (SSSR count). The summed E-state index contributed by atoms with van der Waals surface area (Å²) in [5.41, 5.74) is 3.21. The number of carbonyl (C=O) groups is 3. The zero-order valence-corrected chi connectivity index (χ0v) is 17.8. The highest BCUT2D eigenvalue weighted by molar-refractivity contribution is 6.30. The van der Waals surface area contributed by atoms with Crippen LogP contribution in [-0.4, -0.2) is 45.9 Å². The Kier molecular flexibility index (Phi) is 6.13. The lowest BCUT2D eigenvalue weighted by molar-refractivity contribution is -0.133. The van der Waals surface area contributed by atoms with Crippen molar-refractivity contribution in [3.63, 3.8) is 0 Å². The maximum Gasteiger partial charge on any atom is 0.223 e. The Morgan fingerprint density at radius 2 is 1.76 bits per heavy atom. The average Bonchev–Trinajstić information content (AvgIpc) is 2.95. The first-order chi connectivity index (χ1) is 13.7. The van der Waals surface area contributed by atoms with E-state index in [1.165, 1.54) is 12.4 Å². The van der Waals surface area contributed by atoms with Gasteiger partial charge in [0, 0.05) is 50.3 Å². The van der Waals surface area contributed by atoms with Gasteiger partial charge in [0.25, 0.3) is 0 Å². The van der Waals surface area contributed by atoms with Gasteiger partial charge in [0.1, 0.15) is 11.7 Å². The Labute approximate surface area is 175 Å². The maximum atomic E-state index is 13.0. The van der Waals surface area contributed by atoms with Gasteiger partial charge in [-0.05, 0) is 49.6 Å². The van der Waals surface area contributed by atoms with Gasteiger partial charge >= 0.3 is 0 Å². The number of nitrogens with zero attached hydrogens (tertiary/aromatic N) is 3. The van der Waals surface area contributed by atoms with Crippen LogP contribution in [0.5, 0.6) is 0 Å². The second-order valence-corrected chi connectivity index (χ2v) is 8.00. The molecule has 1 heterocycles. The Hall–Kier alpha value is -2.60. The third-order valence-electron chi connectivity index (χ3n) is 5.54. The highest BCUT2D eigenvalue weighted by Crippen LogP contribution is 2.38. The van der Waals surface area contributed by atoms with E-state index in [1.807, 2.05) is 32.9 Å². The number of hydrogen-bond acceptors (Lipinski definition) is 5. The van der Waals surface area contributed by atoms with Crippen molar-refractivity contribution in [3.05, 3.63) is 46.2 Å². The summed E-state index contributed by atoms with van der Waals surface area (Å²) >= 11 is 5.86. The molecular weight excluding hydrogens is 390 g/mol. The molecule has 0 radical (unpaired) electrons. The zero-order valence-electron chi connectivity index (χ0n) is 17.0. The van der Waals surface area contributed by atoms with Gasteiger partial charge in [-0.25, -0.2) is 9.97 Å². The molecule has 2 atom stereocenters. The van der Waals surface area contributed by atoms with Crippen LogP contribution in [0.3, 0.4) is 0 Å². The van der Waals surface area contributed by atoms with Crippen molar-refractivity contribution in [1.82, 2.24) is 14.9 Å². The number of aromatic nitrogens is 2. The minimum absolute atomic E-state index is 0.0835. The second kappa shape index (κ2) is 8.41. The van der Waals surface area contributed by atoms with Crippen LogP contribution in [-0.2, 0) is 14.4 Å². The number of rotatable bonds is 5. The molecule has 6 nitrogen and oxygen atoms in total. The molecule has 1 aliphatic carbocycles. The van der Waals surface area contributed by atoms with Crippen LogP contribution in [0.25, 0.3) is 11.4 Å². The molecule has 1 saturated carbocycles. The normalized spacial score (nSPS) is 18.9. The summed E-state index contributed by atoms with van der Waals surface area (Å²) in [6, 6.07) is 3.77. The summed E-state index contributed by atoms with van der Waals surface area (Å²) in [7, 11) is 1.70. The molecule has 2 aromatic rings. The van der Waals surface area contributed by atoms with Crippen LogP contribution in [0.2, 0.25) is 5.02 Å². The van der Waals surface area contributed by atoms with Crippen molar-refractivity contribution in [2.24, 2.45) is 5.92 Å². The standard InChI is InChI=1S/C22H24ClN3O3/c1-5-26(4)18(28)9-14-8-17(27)20(21(14)29)19-12(2)6-15(7-13(19)3)22-24-10-16(23)11-25-22/h6-7,10-11,14,20H,5,8-9H2,1-4H3. The molecule has 0 saturated heterocycles.